The third-order valence-electron chi connectivity index (χ3n) is 1.15. The molecule has 1 rings (SSSR count). The Bertz CT molecular complexity index is 138. The zero-order chi connectivity index (χ0) is 6.53. The maximum Gasteiger partial charge on any atom is 0.0262 e. The van der Waals surface area contributed by atoms with Gasteiger partial charge in [-0.1, -0.05) is 12.2 Å². The predicted octanol–water partition coefficient (Wildman–Crippen LogP) is 1.74. The molecule has 0 fully saturated rings. The molecular formula is C7H11NS. The molecule has 50 valence electrons. The molecule has 0 atom stereocenters. The summed E-state index contributed by atoms with van der Waals surface area (Å²) in [5, 5.41) is 5.26. The van der Waals surface area contributed by atoms with Crippen molar-refractivity contribution in [1.82, 2.24) is 5.32 Å². The standard InChI is InChI=1S/C7H11NS/c1-8-6-7-4-2-3-5-9-7/h3-5,8H,2,6H2,1H3. The van der Waals surface area contributed by atoms with E-state index in [-0.39, 0.29) is 0 Å². The van der Waals surface area contributed by atoms with Crippen molar-refractivity contribution in [2.24, 2.45) is 0 Å². The highest BCUT2D eigenvalue weighted by Crippen LogP contribution is 2.20. The Hall–Kier alpha value is -0.210. The lowest BCUT2D eigenvalue weighted by atomic mass is 10.3. The first kappa shape index (κ1) is 6.90. The Kier molecular flexibility index (Phi) is 2.87. The lowest BCUT2D eigenvalue weighted by Gasteiger charge is -2.05. The van der Waals surface area contributed by atoms with Crippen LogP contribution in [0.2, 0.25) is 0 Å². The molecule has 9 heavy (non-hydrogen) atoms. The SMILES string of the molecule is CNCC1=CCC=CS1. The number of allylic oxidation sites excluding steroid dienone is 2. The van der Waals surface area contributed by atoms with Gasteiger partial charge in [0.25, 0.3) is 0 Å². The van der Waals surface area contributed by atoms with Crippen molar-refractivity contribution in [3.8, 4) is 0 Å². The minimum Gasteiger partial charge on any atom is -0.315 e. The molecule has 0 saturated carbocycles. The van der Waals surface area contributed by atoms with Crippen LogP contribution in [0.4, 0.5) is 0 Å². The zero-order valence-corrected chi connectivity index (χ0v) is 6.37. The fourth-order valence-corrected chi connectivity index (χ4v) is 1.53. The molecular weight excluding hydrogens is 130 g/mol. The Morgan fingerprint density at radius 2 is 2.67 bits per heavy atom. The minimum absolute atomic E-state index is 1.01. The molecule has 0 aromatic heterocycles. The summed E-state index contributed by atoms with van der Waals surface area (Å²) < 4.78 is 0. The fraction of sp³-hybridized carbons (Fsp3) is 0.429. The van der Waals surface area contributed by atoms with Gasteiger partial charge < -0.3 is 5.32 Å². The summed E-state index contributed by atoms with van der Waals surface area (Å²) in [4.78, 5) is 1.43. The molecule has 0 amide bonds. The van der Waals surface area contributed by atoms with Crippen LogP contribution < -0.4 is 5.32 Å². The summed E-state index contributed by atoms with van der Waals surface area (Å²) in [7, 11) is 1.97. The van der Waals surface area contributed by atoms with Gasteiger partial charge in [0.05, 0.1) is 0 Å². The molecule has 0 spiro atoms. The Morgan fingerprint density at radius 3 is 3.22 bits per heavy atom. The summed E-state index contributed by atoms with van der Waals surface area (Å²) in [5.41, 5.74) is 0. The molecule has 1 aliphatic heterocycles. The molecule has 0 unspecified atom stereocenters. The Labute approximate surface area is 60.2 Å². The maximum absolute atomic E-state index is 3.11. The molecule has 0 bridgehead atoms. The van der Waals surface area contributed by atoms with Crippen LogP contribution in [0.3, 0.4) is 0 Å². The minimum atomic E-state index is 1.01. The number of nitrogens with one attached hydrogen (secondary N) is 1. The first-order valence-electron chi connectivity index (χ1n) is 3.09. The van der Waals surface area contributed by atoms with Crippen LogP contribution in [-0.2, 0) is 0 Å². The van der Waals surface area contributed by atoms with Crippen molar-refractivity contribution in [1.29, 1.82) is 0 Å². The van der Waals surface area contributed by atoms with Crippen molar-refractivity contribution in [2.45, 2.75) is 6.42 Å². The third-order valence-corrected chi connectivity index (χ3v) is 2.09. The number of hydrogen-bond acceptors (Lipinski definition) is 2. The molecule has 0 saturated heterocycles. The lowest BCUT2D eigenvalue weighted by Crippen LogP contribution is -2.08. The number of likely N-dealkylation sites (N-methyl/N-ethyl adjacent to an activating group) is 1. The van der Waals surface area contributed by atoms with E-state index in [1.807, 2.05) is 7.05 Å². The molecule has 1 heterocycles. The predicted molar refractivity (Wildman–Crippen MR) is 43.4 cm³/mol. The van der Waals surface area contributed by atoms with Gasteiger partial charge >= 0.3 is 0 Å². The van der Waals surface area contributed by atoms with E-state index in [0.29, 0.717) is 0 Å². The molecule has 1 nitrogen and oxygen atoms in total. The van der Waals surface area contributed by atoms with Crippen molar-refractivity contribution in [3.63, 3.8) is 0 Å². The van der Waals surface area contributed by atoms with Crippen molar-refractivity contribution in [2.75, 3.05) is 13.6 Å². The highest BCUT2D eigenvalue weighted by Gasteiger charge is 1.95. The first-order valence-corrected chi connectivity index (χ1v) is 3.97. The van der Waals surface area contributed by atoms with E-state index in [0.717, 1.165) is 13.0 Å². The molecule has 0 aromatic rings. The summed E-state index contributed by atoms with van der Waals surface area (Å²) in [6, 6.07) is 0. The number of hydrogen-bond donors (Lipinski definition) is 1. The van der Waals surface area contributed by atoms with E-state index >= 15 is 0 Å². The van der Waals surface area contributed by atoms with Crippen molar-refractivity contribution in [3.05, 3.63) is 22.5 Å². The number of thioether (sulfide) groups is 1. The smallest absolute Gasteiger partial charge is 0.0262 e. The summed E-state index contributed by atoms with van der Waals surface area (Å²) in [5.74, 6) is 0. The summed E-state index contributed by atoms with van der Waals surface area (Å²) in [6.07, 6.45) is 5.52. The second kappa shape index (κ2) is 3.75. The van der Waals surface area contributed by atoms with Gasteiger partial charge in [-0.05, 0) is 23.8 Å². The topological polar surface area (TPSA) is 12.0 Å². The van der Waals surface area contributed by atoms with Crippen molar-refractivity contribution >= 4 is 11.8 Å². The molecule has 1 aliphatic rings. The van der Waals surface area contributed by atoms with E-state index < -0.39 is 0 Å². The fourth-order valence-electron chi connectivity index (χ4n) is 0.727. The normalized spacial score (nSPS) is 17.7. The average molecular weight is 141 g/mol. The van der Waals surface area contributed by atoms with E-state index in [2.05, 4.69) is 22.9 Å². The van der Waals surface area contributed by atoms with Crippen LogP contribution in [0.1, 0.15) is 6.42 Å². The van der Waals surface area contributed by atoms with Crippen LogP contribution in [0.5, 0.6) is 0 Å². The quantitative estimate of drug-likeness (QED) is 0.628. The van der Waals surface area contributed by atoms with Crippen LogP contribution in [0.25, 0.3) is 0 Å². The average Bonchev–Trinajstić information content (AvgIpc) is 1.91. The van der Waals surface area contributed by atoms with Gasteiger partial charge in [-0.2, -0.15) is 0 Å². The molecule has 0 radical (unpaired) electrons. The Morgan fingerprint density at radius 1 is 1.78 bits per heavy atom. The van der Waals surface area contributed by atoms with Crippen LogP contribution >= 0.6 is 11.8 Å². The van der Waals surface area contributed by atoms with Gasteiger partial charge in [0.2, 0.25) is 0 Å². The van der Waals surface area contributed by atoms with E-state index in [1.165, 1.54) is 4.91 Å². The second-order valence-corrected chi connectivity index (χ2v) is 2.96. The van der Waals surface area contributed by atoms with E-state index in [4.69, 9.17) is 0 Å². The summed E-state index contributed by atoms with van der Waals surface area (Å²) in [6.45, 7) is 1.01. The molecule has 1 N–H and O–H groups in total. The van der Waals surface area contributed by atoms with Crippen LogP contribution in [0.15, 0.2) is 22.5 Å². The van der Waals surface area contributed by atoms with Gasteiger partial charge in [-0.3, -0.25) is 0 Å². The van der Waals surface area contributed by atoms with Gasteiger partial charge in [-0.15, -0.1) is 11.8 Å². The maximum atomic E-state index is 3.11. The van der Waals surface area contributed by atoms with Crippen LogP contribution in [-0.4, -0.2) is 13.6 Å². The highest BCUT2D eigenvalue weighted by molar-refractivity contribution is 8.05. The summed E-state index contributed by atoms with van der Waals surface area (Å²) >= 11 is 1.81. The third kappa shape index (κ3) is 2.24. The molecule has 0 aromatic carbocycles. The lowest BCUT2D eigenvalue weighted by molar-refractivity contribution is 0.908. The highest BCUT2D eigenvalue weighted by atomic mass is 32.2. The second-order valence-electron chi connectivity index (χ2n) is 1.93. The first-order chi connectivity index (χ1) is 4.43. The van der Waals surface area contributed by atoms with Crippen LogP contribution in [0, 0.1) is 0 Å². The Balaban J connectivity index is 2.32. The molecule has 0 aliphatic carbocycles. The molecule has 2 heteroatoms. The van der Waals surface area contributed by atoms with E-state index in [1.54, 1.807) is 11.8 Å². The van der Waals surface area contributed by atoms with Gasteiger partial charge in [-0.25, -0.2) is 0 Å². The number of rotatable bonds is 2. The monoisotopic (exact) mass is 141 g/mol. The largest absolute Gasteiger partial charge is 0.315 e. The van der Waals surface area contributed by atoms with Gasteiger partial charge in [0.1, 0.15) is 0 Å². The van der Waals surface area contributed by atoms with E-state index in [9.17, 15) is 0 Å². The van der Waals surface area contributed by atoms with Crippen molar-refractivity contribution < 1.29 is 0 Å². The van der Waals surface area contributed by atoms with Gasteiger partial charge in [0.15, 0.2) is 0 Å². The van der Waals surface area contributed by atoms with Gasteiger partial charge in [0, 0.05) is 6.54 Å². The zero-order valence-electron chi connectivity index (χ0n) is 5.55.